The van der Waals surface area contributed by atoms with Gasteiger partial charge in [0.1, 0.15) is 0 Å². The number of aliphatic hydroxyl groups is 1. The number of aromatic nitrogens is 2. The van der Waals surface area contributed by atoms with Crippen molar-refractivity contribution < 1.29 is 5.11 Å². The Labute approximate surface area is 101 Å². The predicted molar refractivity (Wildman–Crippen MR) is 66.3 cm³/mol. The second kappa shape index (κ2) is 5.61. The highest BCUT2D eigenvalue weighted by atomic mass is 16.3. The van der Waals surface area contributed by atoms with Gasteiger partial charge in [0.25, 0.3) is 0 Å². The van der Waals surface area contributed by atoms with Crippen LogP contribution in [0.25, 0.3) is 0 Å². The Hall–Kier alpha value is -1.65. The summed E-state index contributed by atoms with van der Waals surface area (Å²) in [6, 6.07) is 11.9. The van der Waals surface area contributed by atoms with Gasteiger partial charge in [-0.05, 0) is 11.6 Å². The van der Waals surface area contributed by atoms with E-state index < -0.39 is 0 Å². The van der Waals surface area contributed by atoms with E-state index in [1.807, 2.05) is 48.1 Å². The summed E-state index contributed by atoms with van der Waals surface area (Å²) in [5.41, 5.74) is 2.19. The SMILES string of the molecule is Cn1nccc1CN[C@H](CO)c1ccccc1. The third-order valence-corrected chi connectivity index (χ3v) is 2.84. The van der Waals surface area contributed by atoms with Gasteiger partial charge in [0.2, 0.25) is 0 Å². The summed E-state index contributed by atoms with van der Waals surface area (Å²) in [4.78, 5) is 0. The van der Waals surface area contributed by atoms with E-state index >= 15 is 0 Å². The Morgan fingerprint density at radius 3 is 2.65 bits per heavy atom. The fourth-order valence-electron chi connectivity index (χ4n) is 1.78. The van der Waals surface area contributed by atoms with Crippen LogP contribution in [-0.2, 0) is 13.6 Å². The van der Waals surface area contributed by atoms with Crippen molar-refractivity contribution in [2.75, 3.05) is 6.61 Å². The van der Waals surface area contributed by atoms with Gasteiger partial charge in [-0.15, -0.1) is 0 Å². The van der Waals surface area contributed by atoms with E-state index in [-0.39, 0.29) is 12.6 Å². The molecule has 0 unspecified atom stereocenters. The molecule has 4 heteroatoms. The van der Waals surface area contributed by atoms with Crippen molar-refractivity contribution in [1.29, 1.82) is 0 Å². The smallest absolute Gasteiger partial charge is 0.0626 e. The zero-order valence-electron chi connectivity index (χ0n) is 9.87. The summed E-state index contributed by atoms with van der Waals surface area (Å²) in [6.45, 7) is 0.776. The highest BCUT2D eigenvalue weighted by Crippen LogP contribution is 2.12. The second-order valence-corrected chi connectivity index (χ2v) is 3.97. The number of nitrogens with zero attached hydrogens (tertiary/aromatic N) is 2. The molecule has 0 amide bonds. The monoisotopic (exact) mass is 231 g/mol. The molecule has 0 aliphatic rings. The first-order valence-corrected chi connectivity index (χ1v) is 5.67. The van der Waals surface area contributed by atoms with Crippen molar-refractivity contribution >= 4 is 0 Å². The van der Waals surface area contributed by atoms with Crippen molar-refractivity contribution in [2.24, 2.45) is 7.05 Å². The Morgan fingerprint density at radius 2 is 2.06 bits per heavy atom. The van der Waals surface area contributed by atoms with Crippen LogP contribution in [0.5, 0.6) is 0 Å². The fraction of sp³-hybridized carbons (Fsp3) is 0.308. The minimum atomic E-state index is -0.0360. The van der Waals surface area contributed by atoms with Gasteiger partial charge < -0.3 is 10.4 Å². The lowest BCUT2D eigenvalue weighted by molar-refractivity contribution is 0.243. The first kappa shape index (κ1) is 11.8. The van der Waals surface area contributed by atoms with Gasteiger partial charge in [0, 0.05) is 19.8 Å². The molecule has 1 atom stereocenters. The molecule has 2 rings (SSSR count). The largest absolute Gasteiger partial charge is 0.394 e. The van der Waals surface area contributed by atoms with Gasteiger partial charge >= 0.3 is 0 Å². The first-order chi connectivity index (χ1) is 8.31. The van der Waals surface area contributed by atoms with Crippen LogP contribution in [0.3, 0.4) is 0 Å². The number of aliphatic hydroxyl groups excluding tert-OH is 1. The minimum absolute atomic E-state index is 0.0360. The van der Waals surface area contributed by atoms with Crippen molar-refractivity contribution in [3.8, 4) is 0 Å². The molecular weight excluding hydrogens is 214 g/mol. The molecule has 17 heavy (non-hydrogen) atoms. The quantitative estimate of drug-likeness (QED) is 0.814. The molecule has 0 saturated carbocycles. The van der Waals surface area contributed by atoms with Crippen LogP contribution in [0, 0.1) is 0 Å². The first-order valence-electron chi connectivity index (χ1n) is 5.67. The van der Waals surface area contributed by atoms with E-state index in [2.05, 4.69) is 10.4 Å². The normalized spacial score (nSPS) is 12.6. The summed E-state index contributed by atoms with van der Waals surface area (Å²) in [7, 11) is 1.91. The number of rotatable bonds is 5. The standard InChI is InChI=1S/C13H17N3O/c1-16-12(7-8-15-16)9-14-13(10-17)11-5-3-2-4-6-11/h2-8,13-14,17H,9-10H2,1H3/t13-/m1/s1. The van der Waals surface area contributed by atoms with Crippen molar-refractivity contribution in [3.63, 3.8) is 0 Å². The Bertz CT molecular complexity index is 453. The Balaban J connectivity index is 1.99. The molecule has 0 saturated heterocycles. The Kier molecular flexibility index (Phi) is 3.90. The number of nitrogens with one attached hydrogen (secondary N) is 1. The van der Waals surface area contributed by atoms with Gasteiger partial charge in [0.15, 0.2) is 0 Å². The zero-order chi connectivity index (χ0) is 12.1. The van der Waals surface area contributed by atoms with E-state index in [1.54, 1.807) is 6.20 Å². The summed E-state index contributed by atoms with van der Waals surface area (Å²) in [6.07, 6.45) is 1.77. The highest BCUT2D eigenvalue weighted by molar-refractivity contribution is 5.19. The van der Waals surface area contributed by atoms with Gasteiger partial charge in [-0.2, -0.15) is 5.10 Å². The van der Waals surface area contributed by atoms with Crippen molar-refractivity contribution in [1.82, 2.24) is 15.1 Å². The molecule has 1 aromatic heterocycles. The molecule has 4 nitrogen and oxygen atoms in total. The number of benzene rings is 1. The fourth-order valence-corrected chi connectivity index (χ4v) is 1.78. The van der Waals surface area contributed by atoms with Gasteiger partial charge in [-0.1, -0.05) is 30.3 Å². The average Bonchev–Trinajstić information content (AvgIpc) is 2.77. The van der Waals surface area contributed by atoms with Crippen LogP contribution in [0.4, 0.5) is 0 Å². The molecular formula is C13H17N3O. The van der Waals surface area contributed by atoms with Crippen LogP contribution in [0.2, 0.25) is 0 Å². The van der Waals surface area contributed by atoms with E-state index in [9.17, 15) is 5.11 Å². The topological polar surface area (TPSA) is 50.1 Å². The minimum Gasteiger partial charge on any atom is -0.394 e. The second-order valence-electron chi connectivity index (χ2n) is 3.97. The highest BCUT2D eigenvalue weighted by Gasteiger charge is 2.09. The van der Waals surface area contributed by atoms with E-state index in [0.717, 1.165) is 11.3 Å². The van der Waals surface area contributed by atoms with Gasteiger partial charge in [0.05, 0.1) is 18.3 Å². The van der Waals surface area contributed by atoms with Crippen molar-refractivity contribution in [2.45, 2.75) is 12.6 Å². The summed E-state index contributed by atoms with van der Waals surface area (Å²) in [5, 5.41) is 16.8. The Morgan fingerprint density at radius 1 is 1.29 bits per heavy atom. The van der Waals surface area contributed by atoms with E-state index in [4.69, 9.17) is 0 Å². The lowest BCUT2D eigenvalue weighted by Gasteiger charge is -2.16. The molecule has 0 aliphatic carbocycles. The molecule has 1 heterocycles. The summed E-state index contributed by atoms with van der Waals surface area (Å²) >= 11 is 0. The third-order valence-electron chi connectivity index (χ3n) is 2.84. The number of hydrogen-bond acceptors (Lipinski definition) is 3. The molecule has 0 fully saturated rings. The molecule has 0 bridgehead atoms. The molecule has 0 spiro atoms. The summed E-state index contributed by atoms with van der Waals surface area (Å²) in [5.74, 6) is 0. The number of aryl methyl sites for hydroxylation is 1. The molecule has 2 N–H and O–H groups in total. The van der Waals surface area contributed by atoms with Crippen LogP contribution < -0.4 is 5.32 Å². The maximum absolute atomic E-state index is 9.39. The predicted octanol–water partition coefficient (Wildman–Crippen LogP) is 1.24. The third kappa shape index (κ3) is 2.93. The van der Waals surface area contributed by atoms with E-state index in [0.29, 0.717) is 6.54 Å². The summed E-state index contributed by atoms with van der Waals surface area (Å²) < 4.78 is 1.83. The van der Waals surface area contributed by atoms with Crippen LogP contribution in [0.1, 0.15) is 17.3 Å². The lowest BCUT2D eigenvalue weighted by atomic mass is 10.1. The molecule has 2 aromatic rings. The zero-order valence-corrected chi connectivity index (χ0v) is 9.87. The number of hydrogen-bond donors (Lipinski definition) is 2. The molecule has 90 valence electrons. The maximum atomic E-state index is 9.39. The van der Waals surface area contributed by atoms with Gasteiger partial charge in [-0.25, -0.2) is 0 Å². The average molecular weight is 231 g/mol. The van der Waals surface area contributed by atoms with Crippen LogP contribution in [0.15, 0.2) is 42.6 Å². The molecule has 1 aromatic carbocycles. The van der Waals surface area contributed by atoms with Crippen LogP contribution >= 0.6 is 0 Å². The van der Waals surface area contributed by atoms with Crippen LogP contribution in [-0.4, -0.2) is 21.5 Å². The maximum Gasteiger partial charge on any atom is 0.0626 e. The van der Waals surface area contributed by atoms with Gasteiger partial charge in [-0.3, -0.25) is 4.68 Å². The van der Waals surface area contributed by atoms with E-state index in [1.165, 1.54) is 0 Å². The van der Waals surface area contributed by atoms with Crippen molar-refractivity contribution in [3.05, 3.63) is 53.9 Å². The lowest BCUT2D eigenvalue weighted by Crippen LogP contribution is -2.24. The molecule has 0 radical (unpaired) electrons. The molecule has 0 aliphatic heterocycles.